The van der Waals surface area contributed by atoms with Gasteiger partial charge in [0.1, 0.15) is 11.4 Å². The Morgan fingerprint density at radius 2 is 1.66 bits per heavy atom. The second-order valence-electron chi connectivity index (χ2n) is 12.0. The quantitative estimate of drug-likeness (QED) is 0.402. The van der Waals surface area contributed by atoms with E-state index in [-0.39, 0.29) is 23.2 Å². The molecule has 0 aliphatic carbocycles. The highest BCUT2D eigenvalue weighted by molar-refractivity contribution is 6.74. The molecule has 35 heavy (non-hydrogen) atoms. The van der Waals surface area contributed by atoms with Crippen LogP contribution in [0.25, 0.3) is 0 Å². The monoisotopic (exact) mass is 497 g/mol. The van der Waals surface area contributed by atoms with Crippen LogP contribution in [0.3, 0.4) is 0 Å². The number of rotatable bonds is 6. The third-order valence-corrected chi connectivity index (χ3v) is 11.3. The fourth-order valence-electron chi connectivity index (χ4n) is 4.01. The van der Waals surface area contributed by atoms with Gasteiger partial charge >= 0.3 is 6.09 Å². The number of ether oxygens (including phenoxy) is 2. The van der Waals surface area contributed by atoms with Crippen molar-refractivity contribution in [1.29, 1.82) is 0 Å². The third-order valence-electron chi connectivity index (χ3n) is 7.01. The number of hydrogen-bond acceptors (Lipinski definition) is 4. The van der Waals surface area contributed by atoms with Crippen LogP contribution in [0.2, 0.25) is 18.1 Å². The van der Waals surface area contributed by atoms with Gasteiger partial charge < -0.3 is 18.8 Å². The van der Waals surface area contributed by atoms with Crippen molar-refractivity contribution in [3.05, 3.63) is 65.7 Å². The molecule has 2 aromatic carbocycles. The normalized spacial score (nSPS) is 18.2. The summed E-state index contributed by atoms with van der Waals surface area (Å²) < 4.78 is 18.7. The van der Waals surface area contributed by atoms with Crippen molar-refractivity contribution in [1.82, 2.24) is 4.90 Å². The Morgan fingerprint density at radius 1 is 1.03 bits per heavy atom. The Labute approximate surface area is 212 Å². The summed E-state index contributed by atoms with van der Waals surface area (Å²) >= 11 is 0. The van der Waals surface area contributed by atoms with Gasteiger partial charge in [0.15, 0.2) is 0 Å². The van der Waals surface area contributed by atoms with Gasteiger partial charge in [-0.25, -0.2) is 4.79 Å². The Hall–Kier alpha value is -2.31. The molecule has 0 bridgehead atoms. The van der Waals surface area contributed by atoms with E-state index in [4.69, 9.17) is 13.9 Å². The van der Waals surface area contributed by atoms with E-state index in [1.165, 1.54) is 11.1 Å². The molecule has 5 nitrogen and oxygen atoms in total. The second kappa shape index (κ2) is 10.7. The molecule has 1 saturated heterocycles. The first kappa shape index (κ1) is 27.3. The first-order valence-corrected chi connectivity index (χ1v) is 15.6. The number of nitrogens with zero attached hydrogens (tertiary/aromatic N) is 1. The lowest BCUT2D eigenvalue weighted by atomic mass is 9.86. The van der Waals surface area contributed by atoms with Crippen LogP contribution in [0.4, 0.5) is 4.79 Å². The number of para-hydroxylation sites is 1. The molecular formula is C29H43NO4Si. The molecule has 1 heterocycles. The van der Waals surface area contributed by atoms with Gasteiger partial charge in [-0.2, -0.15) is 0 Å². The summed E-state index contributed by atoms with van der Waals surface area (Å²) in [6.45, 7) is 18.6. The van der Waals surface area contributed by atoms with E-state index in [0.29, 0.717) is 19.7 Å². The first-order chi connectivity index (χ1) is 16.3. The average Bonchev–Trinajstić information content (AvgIpc) is 2.77. The Balaban J connectivity index is 1.89. The molecule has 6 heteroatoms. The molecule has 0 aromatic heterocycles. The molecule has 192 valence electrons. The lowest BCUT2D eigenvalue weighted by molar-refractivity contribution is -0.0514. The summed E-state index contributed by atoms with van der Waals surface area (Å²) in [7, 11) is -2.00. The number of carbonyl (C=O) groups is 1. The summed E-state index contributed by atoms with van der Waals surface area (Å²) in [4.78, 5) is 14.6. The van der Waals surface area contributed by atoms with Crippen LogP contribution in [-0.4, -0.2) is 50.7 Å². The van der Waals surface area contributed by atoms with Crippen molar-refractivity contribution in [3.8, 4) is 5.75 Å². The van der Waals surface area contributed by atoms with Crippen LogP contribution in [0.1, 0.15) is 58.6 Å². The van der Waals surface area contributed by atoms with Crippen molar-refractivity contribution >= 4 is 14.4 Å². The average molecular weight is 498 g/mol. The van der Waals surface area contributed by atoms with E-state index in [1.54, 1.807) is 4.90 Å². The van der Waals surface area contributed by atoms with Gasteiger partial charge in [-0.15, -0.1) is 0 Å². The third kappa shape index (κ3) is 7.34. The topological polar surface area (TPSA) is 48.0 Å². The summed E-state index contributed by atoms with van der Waals surface area (Å²) in [5, 5.41) is 0.110. The fraction of sp³-hybridized carbons (Fsp3) is 0.552. The van der Waals surface area contributed by atoms with Crippen molar-refractivity contribution in [2.75, 3.05) is 19.7 Å². The first-order valence-electron chi connectivity index (χ1n) is 12.7. The summed E-state index contributed by atoms with van der Waals surface area (Å²) in [5.74, 6) is 1.03. The van der Waals surface area contributed by atoms with Gasteiger partial charge in [-0.3, -0.25) is 0 Å². The minimum atomic E-state index is -2.00. The standard InChI is InChI=1S/C29H43NO4Si/c1-28(2,3)33-27(31)30-18-19-32-26(21-30)24(22-14-10-9-11-15-22)20-23-16-12-13-17-25(23)34-35(7,8)29(4,5)6/h9-17,24,26H,18-21H2,1-8H3. The predicted molar refractivity (Wildman–Crippen MR) is 145 cm³/mol. The van der Waals surface area contributed by atoms with Gasteiger partial charge in [-0.1, -0.05) is 69.3 Å². The molecule has 0 radical (unpaired) electrons. The fourth-order valence-corrected chi connectivity index (χ4v) is 5.07. The van der Waals surface area contributed by atoms with Crippen LogP contribution in [0.5, 0.6) is 5.75 Å². The van der Waals surface area contributed by atoms with E-state index in [9.17, 15) is 4.79 Å². The molecule has 1 aliphatic rings. The number of amides is 1. The maximum absolute atomic E-state index is 12.8. The molecule has 3 rings (SSSR count). The SMILES string of the molecule is CC(C)(C)OC(=O)N1CCOC(C(Cc2ccccc2O[Si](C)(C)C(C)(C)C)c2ccccc2)C1. The molecular weight excluding hydrogens is 454 g/mol. The minimum absolute atomic E-state index is 0.0746. The van der Waals surface area contributed by atoms with Crippen LogP contribution < -0.4 is 4.43 Å². The van der Waals surface area contributed by atoms with Crippen molar-refractivity contribution in [2.45, 2.75) is 83.7 Å². The summed E-state index contributed by atoms with van der Waals surface area (Å²) in [6, 6.07) is 18.8. The van der Waals surface area contributed by atoms with Gasteiger partial charge in [0.05, 0.1) is 19.3 Å². The number of benzene rings is 2. The molecule has 1 fully saturated rings. The lowest BCUT2D eigenvalue weighted by Crippen LogP contribution is -2.49. The molecule has 2 aromatic rings. The van der Waals surface area contributed by atoms with Crippen LogP contribution >= 0.6 is 0 Å². The van der Waals surface area contributed by atoms with Crippen molar-refractivity contribution < 1.29 is 18.7 Å². The molecule has 1 amide bonds. The van der Waals surface area contributed by atoms with E-state index in [2.05, 4.69) is 76.3 Å². The highest BCUT2D eigenvalue weighted by atomic mass is 28.4. The smallest absolute Gasteiger partial charge is 0.410 e. The lowest BCUT2D eigenvalue weighted by Gasteiger charge is -2.39. The van der Waals surface area contributed by atoms with Gasteiger partial charge in [0.2, 0.25) is 8.32 Å². The summed E-state index contributed by atoms with van der Waals surface area (Å²) in [6.07, 6.45) is 0.348. The van der Waals surface area contributed by atoms with E-state index < -0.39 is 13.9 Å². The number of hydrogen-bond donors (Lipinski definition) is 0. The molecule has 2 unspecified atom stereocenters. The van der Waals surface area contributed by atoms with E-state index in [0.717, 1.165) is 12.2 Å². The van der Waals surface area contributed by atoms with Crippen molar-refractivity contribution in [3.63, 3.8) is 0 Å². The summed E-state index contributed by atoms with van der Waals surface area (Å²) in [5.41, 5.74) is 1.85. The maximum atomic E-state index is 12.8. The maximum Gasteiger partial charge on any atom is 0.410 e. The zero-order valence-electron chi connectivity index (χ0n) is 22.8. The minimum Gasteiger partial charge on any atom is -0.543 e. The Bertz CT molecular complexity index is 978. The molecule has 2 atom stereocenters. The second-order valence-corrected chi connectivity index (χ2v) is 16.8. The highest BCUT2D eigenvalue weighted by Gasteiger charge is 2.40. The molecule has 1 aliphatic heterocycles. The van der Waals surface area contributed by atoms with Crippen LogP contribution in [-0.2, 0) is 15.9 Å². The zero-order chi connectivity index (χ0) is 25.9. The molecule has 0 N–H and O–H groups in total. The van der Waals surface area contributed by atoms with Gasteiger partial charge in [-0.05, 0) is 62.5 Å². The van der Waals surface area contributed by atoms with Crippen molar-refractivity contribution in [2.24, 2.45) is 0 Å². The van der Waals surface area contributed by atoms with Crippen LogP contribution in [0.15, 0.2) is 54.6 Å². The molecule has 0 spiro atoms. The highest BCUT2D eigenvalue weighted by Crippen LogP contribution is 2.39. The van der Waals surface area contributed by atoms with Crippen LogP contribution in [0, 0.1) is 0 Å². The predicted octanol–water partition coefficient (Wildman–Crippen LogP) is 7.03. The number of carbonyl (C=O) groups excluding carboxylic acids is 1. The number of morpholine rings is 1. The molecule has 0 saturated carbocycles. The van der Waals surface area contributed by atoms with Gasteiger partial charge in [0, 0.05) is 12.5 Å². The largest absolute Gasteiger partial charge is 0.543 e. The Morgan fingerprint density at radius 3 is 2.29 bits per heavy atom. The van der Waals surface area contributed by atoms with Gasteiger partial charge in [0.25, 0.3) is 0 Å². The van der Waals surface area contributed by atoms with E-state index >= 15 is 0 Å². The van der Waals surface area contributed by atoms with E-state index in [1.807, 2.05) is 32.9 Å². The zero-order valence-corrected chi connectivity index (χ0v) is 23.8. The Kier molecular flexibility index (Phi) is 8.38.